The van der Waals surface area contributed by atoms with Gasteiger partial charge in [0.1, 0.15) is 5.69 Å². The molecule has 2 fully saturated rings. The highest BCUT2D eigenvalue weighted by Crippen LogP contribution is 2.36. The fourth-order valence-corrected chi connectivity index (χ4v) is 4.27. The lowest BCUT2D eigenvalue weighted by atomic mass is 10.1. The standard InChI is InChI=1S/C23H25F3N4O4/c24-23(25,26)19-4-5-20(21(15-19)30(32)33)28-6-8-29(9-7-28)22(31)18-3-1-2-17(14-18)16-27-10-12-34-13-11-27/h1-5,14-15H,6-13,16H2. The van der Waals surface area contributed by atoms with Crippen molar-refractivity contribution in [3.05, 3.63) is 69.3 Å². The molecule has 0 aliphatic carbocycles. The fraction of sp³-hybridized carbons (Fsp3) is 0.435. The Kier molecular flexibility index (Phi) is 7.03. The number of carbonyl (C=O) groups excluding carboxylic acids is 1. The fourth-order valence-electron chi connectivity index (χ4n) is 4.27. The summed E-state index contributed by atoms with van der Waals surface area (Å²) >= 11 is 0. The van der Waals surface area contributed by atoms with Gasteiger partial charge in [-0.2, -0.15) is 13.2 Å². The first-order chi connectivity index (χ1) is 16.2. The second-order valence-corrected chi connectivity index (χ2v) is 8.33. The van der Waals surface area contributed by atoms with E-state index in [1.54, 1.807) is 15.9 Å². The van der Waals surface area contributed by atoms with Crippen LogP contribution < -0.4 is 4.90 Å². The third kappa shape index (κ3) is 5.48. The average molecular weight is 478 g/mol. The van der Waals surface area contributed by atoms with Crippen LogP contribution in [0, 0.1) is 10.1 Å². The number of anilines is 1. The number of nitrogens with zero attached hydrogens (tertiary/aromatic N) is 4. The topological polar surface area (TPSA) is 79.2 Å². The SMILES string of the molecule is O=C(c1cccc(CN2CCOCC2)c1)N1CCN(c2ccc(C(F)(F)F)cc2[N+](=O)[O-])CC1. The Hall–Kier alpha value is -3.18. The van der Waals surface area contributed by atoms with Gasteiger partial charge in [0.15, 0.2) is 0 Å². The third-order valence-electron chi connectivity index (χ3n) is 6.09. The molecule has 0 N–H and O–H groups in total. The third-order valence-corrected chi connectivity index (χ3v) is 6.09. The number of nitro groups is 1. The molecule has 2 heterocycles. The normalized spacial score (nSPS) is 17.6. The van der Waals surface area contributed by atoms with E-state index in [1.165, 1.54) is 0 Å². The highest BCUT2D eigenvalue weighted by molar-refractivity contribution is 5.94. The molecule has 2 saturated heterocycles. The number of benzene rings is 2. The van der Waals surface area contributed by atoms with Gasteiger partial charge in [0.05, 0.1) is 23.7 Å². The quantitative estimate of drug-likeness (QED) is 0.484. The van der Waals surface area contributed by atoms with Crippen molar-refractivity contribution in [2.24, 2.45) is 0 Å². The lowest BCUT2D eigenvalue weighted by Crippen LogP contribution is -2.49. The number of piperazine rings is 1. The van der Waals surface area contributed by atoms with Gasteiger partial charge in [0.25, 0.3) is 11.6 Å². The monoisotopic (exact) mass is 478 g/mol. The van der Waals surface area contributed by atoms with Crippen LogP contribution in [0.25, 0.3) is 0 Å². The van der Waals surface area contributed by atoms with Crippen LogP contribution in [0.2, 0.25) is 0 Å². The zero-order valence-corrected chi connectivity index (χ0v) is 18.5. The van der Waals surface area contributed by atoms with Crippen LogP contribution in [0.3, 0.4) is 0 Å². The molecule has 4 rings (SSSR count). The first kappa shape index (κ1) is 24.0. The summed E-state index contributed by atoms with van der Waals surface area (Å²) < 4.78 is 44.3. The molecule has 2 aromatic rings. The maximum Gasteiger partial charge on any atom is 0.416 e. The van der Waals surface area contributed by atoms with Crippen LogP contribution in [0.4, 0.5) is 24.5 Å². The number of nitro benzene ring substituents is 1. The Balaban J connectivity index is 1.41. The van der Waals surface area contributed by atoms with E-state index < -0.39 is 22.4 Å². The van der Waals surface area contributed by atoms with Crippen LogP contribution in [-0.4, -0.2) is 73.1 Å². The summed E-state index contributed by atoms with van der Waals surface area (Å²) in [5.74, 6) is -0.134. The number of hydrogen-bond acceptors (Lipinski definition) is 6. The number of morpholine rings is 1. The summed E-state index contributed by atoms with van der Waals surface area (Å²) in [7, 11) is 0. The molecule has 34 heavy (non-hydrogen) atoms. The van der Waals surface area contributed by atoms with Crippen molar-refractivity contribution in [1.29, 1.82) is 0 Å². The van der Waals surface area contributed by atoms with Gasteiger partial charge >= 0.3 is 6.18 Å². The summed E-state index contributed by atoms with van der Waals surface area (Å²) in [6.07, 6.45) is -4.66. The molecule has 2 aliphatic heterocycles. The first-order valence-corrected chi connectivity index (χ1v) is 11.0. The molecule has 0 atom stereocenters. The molecule has 0 bridgehead atoms. The largest absolute Gasteiger partial charge is 0.416 e. The summed E-state index contributed by atoms with van der Waals surface area (Å²) in [5.41, 5.74) is 0.0724. The van der Waals surface area contributed by atoms with Crippen LogP contribution >= 0.6 is 0 Å². The molecule has 0 saturated carbocycles. The molecule has 0 aromatic heterocycles. The lowest BCUT2D eigenvalue weighted by Gasteiger charge is -2.36. The second kappa shape index (κ2) is 9.98. The van der Waals surface area contributed by atoms with Crippen LogP contribution in [-0.2, 0) is 17.5 Å². The zero-order chi connectivity index (χ0) is 24.3. The minimum Gasteiger partial charge on any atom is -0.379 e. The van der Waals surface area contributed by atoms with Gasteiger partial charge < -0.3 is 14.5 Å². The average Bonchev–Trinajstić information content (AvgIpc) is 2.83. The predicted molar refractivity (Wildman–Crippen MR) is 119 cm³/mol. The Morgan fingerprint density at radius 1 is 1.00 bits per heavy atom. The van der Waals surface area contributed by atoms with E-state index in [9.17, 15) is 28.1 Å². The minimum absolute atomic E-state index is 0.123. The molecular weight excluding hydrogens is 453 g/mol. The van der Waals surface area contributed by atoms with E-state index in [-0.39, 0.29) is 24.7 Å². The number of amides is 1. The Morgan fingerprint density at radius 2 is 1.71 bits per heavy atom. The summed E-state index contributed by atoms with van der Waals surface area (Å²) in [5, 5.41) is 11.4. The van der Waals surface area contributed by atoms with Crippen molar-refractivity contribution < 1.29 is 27.6 Å². The van der Waals surface area contributed by atoms with Crippen molar-refractivity contribution in [3.63, 3.8) is 0 Å². The number of alkyl halides is 3. The smallest absolute Gasteiger partial charge is 0.379 e. The number of halogens is 3. The van der Waals surface area contributed by atoms with Crippen molar-refractivity contribution in [3.8, 4) is 0 Å². The molecular formula is C23H25F3N4O4. The van der Waals surface area contributed by atoms with Gasteiger partial charge in [-0.25, -0.2) is 0 Å². The van der Waals surface area contributed by atoms with Gasteiger partial charge in [-0.3, -0.25) is 19.8 Å². The van der Waals surface area contributed by atoms with Gasteiger partial charge in [-0.15, -0.1) is 0 Å². The van der Waals surface area contributed by atoms with Crippen LogP contribution in [0.5, 0.6) is 0 Å². The zero-order valence-electron chi connectivity index (χ0n) is 18.5. The van der Waals surface area contributed by atoms with Crippen LogP contribution in [0.15, 0.2) is 42.5 Å². The molecule has 0 unspecified atom stereocenters. The van der Waals surface area contributed by atoms with E-state index in [0.717, 1.165) is 37.3 Å². The molecule has 2 aromatic carbocycles. The van der Waals surface area contributed by atoms with E-state index in [1.807, 2.05) is 18.2 Å². The number of ether oxygens (including phenoxy) is 1. The van der Waals surface area contributed by atoms with E-state index in [4.69, 9.17) is 4.74 Å². The van der Waals surface area contributed by atoms with E-state index >= 15 is 0 Å². The number of hydrogen-bond donors (Lipinski definition) is 0. The summed E-state index contributed by atoms with van der Waals surface area (Å²) in [4.78, 5) is 29.3. The second-order valence-electron chi connectivity index (χ2n) is 8.33. The van der Waals surface area contributed by atoms with Gasteiger partial charge in [-0.05, 0) is 29.8 Å². The Labute approximate surface area is 194 Å². The number of rotatable bonds is 5. The Morgan fingerprint density at radius 3 is 2.35 bits per heavy atom. The molecule has 1 amide bonds. The van der Waals surface area contributed by atoms with E-state index in [0.29, 0.717) is 37.9 Å². The highest BCUT2D eigenvalue weighted by atomic mass is 19.4. The molecule has 0 spiro atoms. The van der Waals surface area contributed by atoms with Gasteiger partial charge in [-0.1, -0.05) is 12.1 Å². The molecule has 182 valence electrons. The summed E-state index contributed by atoms with van der Waals surface area (Å²) in [6.45, 7) is 4.99. The van der Waals surface area contributed by atoms with E-state index in [2.05, 4.69) is 4.90 Å². The minimum atomic E-state index is -4.66. The first-order valence-electron chi connectivity index (χ1n) is 11.0. The number of carbonyl (C=O) groups is 1. The molecule has 8 nitrogen and oxygen atoms in total. The van der Waals surface area contributed by atoms with Gasteiger partial charge in [0, 0.05) is 57.4 Å². The predicted octanol–water partition coefficient (Wildman–Crippen LogP) is 3.41. The van der Waals surface area contributed by atoms with Crippen molar-refractivity contribution in [1.82, 2.24) is 9.80 Å². The van der Waals surface area contributed by atoms with Crippen molar-refractivity contribution in [2.45, 2.75) is 12.7 Å². The highest BCUT2D eigenvalue weighted by Gasteiger charge is 2.34. The van der Waals surface area contributed by atoms with Crippen molar-refractivity contribution in [2.75, 3.05) is 57.4 Å². The van der Waals surface area contributed by atoms with Crippen molar-refractivity contribution >= 4 is 17.3 Å². The lowest BCUT2D eigenvalue weighted by molar-refractivity contribution is -0.384. The van der Waals surface area contributed by atoms with Gasteiger partial charge in [0.2, 0.25) is 0 Å². The maximum atomic E-state index is 13.1. The molecule has 0 radical (unpaired) electrons. The Bertz CT molecular complexity index is 1050. The van der Waals surface area contributed by atoms with Crippen LogP contribution in [0.1, 0.15) is 21.5 Å². The maximum absolute atomic E-state index is 13.1. The summed E-state index contributed by atoms with van der Waals surface area (Å²) in [6, 6.07) is 10.0. The molecule has 2 aliphatic rings. The molecule has 11 heteroatoms.